The third kappa shape index (κ3) is 2.68. The molecular weight excluding hydrogens is 160 g/mol. The number of nitrogens with zero attached hydrogens (tertiary/aromatic N) is 1. The van der Waals surface area contributed by atoms with Crippen LogP contribution in [0.1, 0.15) is 32.6 Å². The van der Waals surface area contributed by atoms with Gasteiger partial charge in [0.05, 0.1) is 0 Å². The molecule has 2 saturated carbocycles. The summed E-state index contributed by atoms with van der Waals surface area (Å²) in [6.45, 7) is 4.56. The molecule has 2 heteroatoms. The van der Waals surface area contributed by atoms with Gasteiger partial charge in [0.25, 0.3) is 0 Å². The van der Waals surface area contributed by atoms with E-state index < -0.39 is 0 Å². The van der Waals surface area contributed by atoms with Crippen LogP contribution in [-0.2, 0) is 0 Å². The van der Waals surface area contributed by atoms with Gasteiger partial charge in [-0.05, 0) is 51.5 Å². The van der Waals surface area contributed by atoms with Crippen LogP contribution >= 0.6 is 0 Å². The van der Waals surface area contributed by atoms with E-state index in [1.54, 1.807) is 0 Å². The molecule has 2 fully saturated rings. The van der Waals surface area contributed by atoms with Gasteiger partial charge in [-0.15, -0.1) is 0 Å². The van der Waals surface area contributed by atoms with Gasteiger partial charge in [-0.3, -0.25) is 0 Å². The molecule has 2 aliphatic carbocycles. The molecule has 0 amide bonds. The first-order valence-corrected chi connectivity index (χ1v) is 5.55. The summed E-state index contributed by atoms with van der Waals surface area (Å²) in [7, 11) is 2.21. The van der Waals surface area contributed by atoms with E-state index >= 15 is 0 Å². The van der Waals surface area contributed by atoms with E-state index in [4.69, 9.17) is 5.73 Å². The first-order chi connectivity index (χ1) is 6.08. The number of nitrogens with two attached hydrogens (primary N) is 1. The molecular formula is C11H22N2. The van der Waals surface area contributed by atoms with Gasteiger partial charge < -0.3 is 10.6 Å². The summed E-state index contributed by atoms with van der Waals surface area (Å²) >= 11 is 0. The Morgan fingerprint density at radius 2 is 1.92 bits per heavy atom. The zero-order valence-electron chi connectivity index (χ0n) is 8.92. The number of rotatable bonds is 5. The Hall–Kier alpha value is -0.0800. The average Bonchev–Trinajstić information content (AvgIpc) is 2.81. The molecule has 0 spiro atoms. The van der Waals surface area contributed by atoms with Crippen LogP contribution in [0.4, 0.5) is 0 Å². The fourth-order valence-corrected chi connectivity index (χ4v) is 2.26. The third-order valence-corrected chi connectivity index (χ3v) is 3.39. The Labute approximate surface area is 81.5 Å². The highest BCUT2D eigenvalue weighted by Crippen LogP contribution is 2.38. The molecule has 76 valence electrons. The Morgan fingerprint density at radius 1 is 1.31 bits per heavy atom. The van der Waals surface area contributed by atoms with Crippen molar-refractivity contribution in [2.45, 2.75) is 38.1 Å². The van der Waals surface area contributed by atoms with Crippen molar-refractivity contribution in [3.63, 3.8) is 0 Å². The average molecular weight is 182 g/mol. The SMILES string of the molecule is CN(CC1CC1)CC(C)(N)C1CC1. The van der Waals surface area contributed by atoms with Gasteiger partial charge >= 0.3 is 0 Å². The quantitative estimate of drug-likeness (QED) is 0.697. The summed E-state index contributed by atoms with van der Waals surface area (Å²) in [6.07, 6.45) is 5.58. The molecule has 0 saturated heterocycles. The maximum Gasteiger partial charge on any atom is 0.0283 e. The summed E-state index contributed by atoms with van der Waals surface area (Å²) < 4.78 is 0. The molecule has 0 aromatic rings. The van der Waals surface area contributed by atoms with E-state index in [0.717, 1.165) is 18.4 Å². The molecule has 0 aromatic carbocycles. The molecule has 2 aliphatic rings. The Morgan fingerprint density at radius 3 is 2.38 bits per heavy atom. The fourth-order valence-electron chi connectivity index (χ4n) is 2.26. The Kier molecular flexibility index (Phi) is 2.37. The lowest BCUT2D eigenvalue weighted by Gasteiger charge is -2.30. The van der Waals surface area contributed by atoms with Crippen LogP contribution in [0.5, 0.6) is 0 Å². The highest BCUT2D eigenvalue weighted by atomic mass is 15.1. The van der Waals surface area contributed by atoms with Crippen LogP contribution in [0.15, 0.2) is 0 Å². The molecule has 0 aliphatic heterocycles. The molecule has 2 N–H and O–H groups in total. The van der Waals surface area contributed by atoms with Gasteiger partial charge in [0.15, 0.2) is 0 Å². The molecule has 0 aromatic heterocycles. The lowest BCUT2D eigenvalue weighted by Crippen LogP contribution is -2.48. The van der Waals surface area contributed by atoms with Crippen LogP contribution in [0, 0.1) is 11.8 Å². The van der Waals surface area contributed by atoms with E-state index in [1.165, 1.54) is 32.2 Å². The summed E-state index contributed by atoms with van der Waals surface area (Å²) in [5, 5.41) is 0. The van der Waals surface area contributed by atoms with Crippen molar-refractivity contribution >= 4 is 0 Å². The predicted molar refractivity (Wildman–Crippen MR) is 55.5 cm³/mol. The number of hydrogen-bond acceptors (Lipinski definition) is 2. The largest absolute Gasteiger partial charge is 0.324 e. The second-order valence-corrected chi connectivity index (χ2v) is 5.42. The van der Waals surface area contributed by atoms with E-state index in [9.17, 15) is 0 Å². The highest BCUT2D eigenvalue weighted by Gasteiger charge is 2.39. The lowest BCUT2D eigenvalue weighted by molar-refractivity contribution is 0.231. The maximum atomic E-state index is 6.28. The first kappa shape index (κ1) is 9.47. The highest BCUT2D eigenvalue weighted by molar-refractivity contribution is 4.97. The van der Waals surface area contributed by atoms with Gasteiger partial charge in [0.1, 0.15) is 0 Å². The topological polar surface area (TPSA) is 29.3 Å². The van der Waals surface area contributed by atoms with Crippen molar-refractivity contribution in [3.8, 4) is 0 Å². The van der Waals surface area contributed by atoms with E-state index in [2.05, 4.69) is 18.9 Å². The number of likely N-dealkylation sites (N-methyl/N-ethyl adjacent to an activating group) is 1. The zero-order chi connectivity index (χ0) is 9.47. The van der Waals surface area contributed by atoms with E-state index in [1.807, 2.05) is 0 Å². The Bertz CT molecular complexity index is 181. The molecule has 2 rings (SSSR count). The van der Waals surface area contributed by atoms with Gasteiger partial charge in [-0.25, -0.2) is 0 Å². The smallest absolute Gasteiger partial charge is 0.0283 e. The number of hydrogen-bond donors (Lipinski definition) is 1. The van der Waals surface area contributed by atoms with Crippen molar-refractivity contribution in [2.75, 3.05) is 20.1 Å². The minimum atomic E-state index is 0.0731. The van der Waals surface area contributed by atoms with Crippen LogP contribution in [0.25, 0.3) is 0 Å². The standard InChI is InChI=1S/C11H22N2/c1-11(12,10-5-6-10)8-13(2)7-9-3-4-9/h9-10H,3-8,12H2,1-2H3. The van der Waals surface area contributed by atoms with Crippen molar-refractivity contribution in [2.24, 2.45) is 17.6 Å². The maximum absolute atomic E-state index is 6.28. The van der Waals surface area contributed by atoms with Crippen LogP contribution in [-0.4, -0.2) is 30.6 Å². The minimum absolute atomic E-state index is 0.0731. The second kappa shape index (κ2) is 3.25. The third-order valence-electron chi connectivity index (χ3n) is 3.39. The molecule has 0 heterocycles. The summed E-state index contributed by atoms with van der Waals surface area (Å²) in [5.74, 6) is 1.79. The van der Waals surface area contributed by atoms with Crippen LogP contribution in [0.2, 0.25) is 0 Å². The zero-order valence-corrected chi connectivity index (χ0v) is 8.92. The molecule has 2 nitrogen and oxygen atoms in total. The normalized spacial score (nSPS) is 27.7. The fraction of sp³-hybridized carbons (Fsp3) is 1.00. The first-order valence-electron chi connectivity index (χ1n) is 5.55. The van der Waals surface area contributed by atoms with E-state index in [-0.39, 0.29) is 5.54 Å². The van der Waals surface area contributed by atoms with Gasteiger partial charge in [-0.2, -0.15) is 0 Å². The van der Waals surface area contributed by atoms with Gasteiger partial charge in [0, 0.05) is 18.6 Å². The lowest BCUT2D eigenvalue weighted by atomic mass is 9.97. The molecule has 1 unspecified atom stereocenters. The minimum Gasteiger partial charge on any atom is -0.324 e. The van der Waals surface area contributed by atoms with Crippen molar-refractivity contribution < 1.29 is 0 Å². The van der Waals surface area contributed by atoms with Gasteiger partial charge in [-0.1, -0.05) is 0 Å². The van der Waals surface area contributed by atoms with Crippen molar-refractivity contribution in [3.05, 3.63) is 0 Å². The Balaban J connectivity index is 1.73. The van der Waals surface area contributed by atoms with E-state index in [0.29, 0.717) is 0 Å². The molecule has 13 heavy (non-hydrogen) atoms. The molecule has 1 atom stereocenters. The summed E-state index contributed by atoms with van der Waals surface area (Å²) in [6, 6.07) is 0. The predicted octanol–water partition coefficient (Wildman–Crippen LogP) is 1.46. The van der Waals surface area contributed by atoms with Crippen LogP contribution in [0.3, 0.4) is 0 Å². The van der Waals surface area contributed by atoms with Crippen LogP contribution < -0.4 is 5.73 Å². The summed E-state index contributed by atoms with van der Waals surface area (Å²) in [5.41, 5.74) is 6.35. The summed E-state index contributed by atoms with van der Waals surface area (Å²) in [4.78, 5) is 2.43. The second-order valence-electron chi connectivity index (χ2n) is 5.42. The molecule has 0 radical (unpaired) electrons. The van der Waals surface area contributed by atoms with Gasteiger partial charge in [0.2, 0.25) is 0 Å². The van der Waals surface area contributed by atoms with Crippen molar-refractivity contribution in [1.29, 1.82) is 0 Å². The monoisotopic (exact) mass is 182 g/mol. The van der Waals surface area contributed by atoms with Crippen molar-refractivity contribution in [1.82, 2.24) is 4.90 Å². The molecule has 0 bridgehead atoms.